The zero-order chi connectivity index (χ0) is 15.8. The summed E-state index contributed by atoms with van der Waals surface area (Å²) >= 11 is 0. The van der Waals surface area contributed by atoms with Crippen molar-refractivity contribution in [1.29, 1.82) is 0 Å². The molecule has 0 amide bonds. The number of halogens is 1. The summed E-state index contributed by atoms with van der Waals surface area (Å²) in [5.41, 5.74) is 1.24. The van der Waals surface area contributed by atoms with Gasteiger partial charge >= 0.3 is 5.97 Å². The van der Waals surface area contributed by atoms with Crippen molar-refractivity contribution in [2.24, 2.45) is 0 Å². The highest BCUT2D eigenvalue weighted by Gasteiger charge is 2.24. The molecule has 0 radical (unpaired) electrons. The van der Waals surface area contributed by atoms with Gasteiger partial charge in [0.2, 0.25) is 0 Å². The van der Waals surface area contributed by atoms with E-state index in [0.717, 1.165) is 25.2 Å². The molecule has 0 heterocycles. The van der Waals surface area contributed by atoms with Crippen LogP contribution < -0.4 is 5.32 Å². The SMILES string of the molecule is CCN(CC)CCNC(C(=O)OC)c1cc(C)ccc1F. The third-order valence-electron chi connectivity index (χ3n) is 3.57. The maximum absolute atomic E-state index is 14.0. The fourth-order valence-corrected chi connectivity index (χ4v) is 2.23. The monoisotopic (exact) mass is 296 g/mol. The molecule has 4 nitrogen and oxygen atoms in total. The van der Waals surface area contributed by atoms with Crippen LogP contribution in [-0.4, -0.2) is 44.2 Å². The predicted octanol–water partition coefficient (Wildman–Crippen LogP) is 2.28. The van der Waals surface area contributed by atoms with Crippen molar-refractivity contribution in [2.45, 2.75) is 26.8 Å². The van der Waals surface area contributed by atoms with E-state index in [0.29, 0.717) is 12.1 Å². The number of benzene rings is 1. The molecule has 0 aliphatic rings. The van der Waals surface area contributed by atoms with Crippen molar-refractivity contribution in [3.8, 4) is 0 Å². The maximum atomic E-state index is 14.0. The van der Waals surface area contributed by atoms with Gasteiger partial charge in [-0.1, -0.05) is 31.5 Å². The van der Waals surface area contributed by atoms with Crippen LogP contribution in [0.1, 0.15) is 31.0 Å². The molecule has 0 bridgehead atoms. The Morgan fingerprint density at radius 3 is 2.62 bits per heavy atom. The third-order valence-corrected chi connectivity index (χ3v) is 3.57. The van der Waals surface area contributed by atoms with E-state index in [1.807, 2.05) is 6.92 Å². The molecule has 0 saturated carbocycles. The Kier molecular flexibility index (Phi) is 7.32. The van der Waals surface area contributed by atoms with E-state index < -0.39 is 17.8 Å². The normalized spacial score (nSPS) is 12.5. The fourth-order valence-electron chi connectivity index (χ4n) is 2.23. The first kappa shape index (κ1) is 17.6. The smallest absolute Gasteiger partial charge is 0.327 e. The Morgan fingerprint density at radius 2 is 2.05 bits per heavy atom. The number of nitrogens with one attached hydrogen (secondary N) is 1. The van der Waals surface area contributed by atoms with Crippen molar-refractivity contribution in [2.75, 3.05) is 33.3 Å². The number of hydrogen-bond acceptors (Lipinski definition) is 4. The molecular formula is C16H25FN2O2. The molecular weight excluding hydrogens is 271 g/mol. The molecule has 0 fully saturated rings. The number of methoxy groups -OCH3 is 1. The highest BCUT2D eigenvalue weighted by molar-refractivity contribution is 5.77. The summed E-state index contributed by atoms with van der Waals surface area (Å²) in [5, 5.41) is 3.10. The Labute approximate surface area is 126 Å². The van der Waals surface area contributed by atoms with Crippen LogP contribution in [-0.2, 0) is 9.53 Å². The van der Waals surface area contributed by atoms with Gasteiger partial charge in [0.25, 0.3) is 0 Å². The molecule has 0 aromatic heterocycles. The Bertz CT molecular complexity index is 462. The highest BCUT2D eigenvalue weighted by Crippen LogP contribution is 2.20. The van der Waals surface area contributed by atoms with Crippen LogP contribution in [0.25, 0.3) is 0 Å². The summed E-state index contributed by atoms with van der Waals surface area (Å²) < 4.78 is 18.8. The lowest BCUT2D eigenvalue weighted by atomic mass is 10.0. The lowest BCUT2D eigenvalue weighted by Crippen LogP contribution is -2.37. The van der Waals surface area contributed by atoms with E-state index in [1.165, 1.54) is 13.2 Å². The minimum absolute atomic E-state index is 0.335. The number of likely N-dealkylation sites (N-methyl/N-ethyl adjacent to an activating group) is 1. The molecule has 1 aromatic rings. The second kappa shape index (κ2) is 8.74. The number of hydrogen-bond donors (Lipinski definition) is 1. The topological polar surface area (TPSA) is 41.6 Å². The van der Waals surface area contributed by atoms with Crippen LogP contribution >= 0.6 is 0 Å². The second-order valence-electron chi connectivity index (χ2n) is 4.96. The summed E-state index contributed by atoms with van der Waals surface area (Å²) in [6.45, 7) is 9.32. The Balaban J connectivity index is 2.81. The van der Waals surface area contributed by atoms with E-state index in [2.05, 4.69) is 24.1 Å². The lowest BCUT2D eigenvalue weighted by Gasteiger charge is -2.22. The van der Waals surface area contributed by atoms with Crippen LogP contribution in [0.4, 0.5) is 4.39 Å². The Morgan fingerprint density at radius 1 is 1.38 bits per heavy atom. The molecule has 0 aliphatic carbocycles. The molecule has 118 valence electrons. The first-order valence-corrected chi connectivity index (χ1v) is 7.33. The molecule has 1 aromatic carbocycles. The van der Waals surface area contributed by atoms with Gasteiger partial charge in [0.1, 0.15) is 11.9 Å². The van der Waals surface area contributed by atoms with Crippen molar-refractivity contribution < 1.29 is 13.9 Å². The maximum Gasteiger partial charge on any atom is 0.327 e. The molecule has 1 N–H and O–H groups in total. The summed E-state index contributed by atoms with van der Waals surface area (Å²) in [5.74, 6) is -0.870. The summed E-state index contributed by atoms with van der Waals surface area (Å²) in [6, 6.07) is 3.97. The zero-order valence-electron chi connectivity index (χ0n) is 13.3. The fraction of sp³-hybridized carbons (Fsp3) is 0.562. The van der Waals surface area contributed by atoms with E-state index in [4.69, 9.17) is 4.74 Å². The van der Waals surface area contributed by atoms with E-state index >= 15 is 0 Å². The van der Waals surface area contributed by atoms with Gasteiger partial charge < -0.3 is 9.64 Å². The summed E-state index contributed by atoms with van der Waals surface area (Å²) in [4.78, 5) is 14.2. The van der Waals surface area contributed by atoms with Crippen LogP contribution in [0.3, 0.4) is 0 Å². The van der Waals surface area contributed by atoms with Crippen molar-refractivity contribution in [1.82, 2.24) is 10.2 Å². The van der Waals surface area contributed by atoms with Gasteiger partial charge in [0.15, 0.2) is 0 Å². The van der Waals surface area contributed by atoms with Crippen molar-refractivity contribution in [3.63, 3.8) is 0 Å². The predicted molar refractivity (Wildman–Crippen MR) is 81.7 cm³/mol. The largest absolute Gasteiger partial charge is 0.468 e. The number of carbonyl (C=O) groups is 1. The van der Waals surface area contributed by atoms with Gasteiger partial charge in [-0.3, -0.25) is 5.32 Å². The van der Waals surface area contributed by atoms with Crippen LogP contribution in [0.15, 0.2) is 18.2 Å². The van der Waals surface area contributed by atoms with E-state index in [1.54, 1.807) is 12.1 Å². The summed E-state index contributed by atoms with van der Waals surface area (Å²) in [7, 11) is 1.31. The lowest BCUT2D eigenvalue weighted by molar-refractivity contribution is -0.143. The average Bonchev–Trinajstić information content (AvgIpc) is 2.49. The first-order chi connectivity index (χ1) is 10.0. The average molecular weight is 296 g/mol. The molecule has 5 heteroatoms. The van der Waals surface area contributed by atoms with Gasteiger partial charge in [-0.15, -0.1) is 0 Å². The number of aryl methyl sites for hydroxylation is 1. The zero-order valence-corrected chi connectivity index (χ0v) is 13.3. The molecule has 0 saturated heterocycles. The standard InChI is InChI=1S/C16H25FN2O2/c1-5-19(6-2)10-9-18-15(16(20)21-4)13-11-12(3)7-8-14(13)17/h7-8,11,15,18H,5-6,9-10H2,1-4H3. The minimum Gasteiger partial charge on any atom is -0.468 e. The molecule has 1 atom stereocenters. The molecule has 1 unspecified atom stereocenters. The van der Waals surface area contributed by atoms with Gasteiger partial charge in [0.05, 0.1) is 7.11 Å². The van der Waals surface area contributed by atoms with Crippen molar-refractivity contribution >= 4 is 5.97 Å². The molecule has 21 heavy (non-hydrogen) atoms. The van der Waals surface area contributed by atoms with Crippen LogP contribution in [0, 0.1) is 12.7 Å². The number of ether oxygens (including phenoxy) is 1. The van der Waals surface area contributed by atoms with Gasteiger partial charge in [-0.2, -0.15) is 0 Å². The first-order valence-electron chi connectivity index (χ1n) is 7.33. The number of carbonyl (C=O) groups excluding carboxylic acids is 1. The van der Waals surface area contributed by atoms with Crippen LogP contribution in [0.5, 0.6) is 0 Å². The van der Waals surface area contributed by atoms with E-state index in [9.17, 15) is 9.18 Å². The number of nitrogens with zero attached hydrogens (tertiary/aromatic N) is 1. The third kappa shape index (κ3) is 5.10. The molecule has 0 aliphatic heterocycles. The van der Waals surface area contributed by atoms with Gasteiger partial charge in [-0.25, -0.2) is 9.18 Å². The second-order valence-corrected chi connectivity index (χ2v) is 4.96. The minimum atomic E-state index is -0.773. The Hall–Kier alpha value is -1.46. The van der Waals surface area contributed by atoms with Crippen LogP contribution in [0.2, 0.25) is 0 Å². The number of esters is 1. The van der Waals surface area contributed by atoms with Gasteiger partial charge in [-0.05, 0) is 26.1 Å². The van der Waals surface area contributed by atoms with E-state index in [-0.39, 0.29) is 0 Å². The van der Waals surface area contributed by atoms with Crippen molar-refractivity contribution in [3.05, 3.63) is 35.1 Å². The highest BCUT2D eigenvalue weighted by atomic mass is 19.1. The summed E-state index contributed by atoms with van der Waals surface area (Å²) in [6.07, 6.45) is 0. The quantitative estimate of drug-likeness (QED) is 0.747. The van der Waals surface area contributed by atoms with Gasteiger partial charge in [0, 0.05) is 18.7 Å². The number of rotatable bonds is 8. The molecule has 1 rings (SSSR count). The molecule has 0 spiro atoms.